The summed E-state index contributed by atoms with van der Waals surface area (Å²) in [5.74, 6) is 0.539. The quantitative estimate of drug-likeness (QED) is 0.294. The number of anilines is 2. The van der Waals surface area contributed by atoms with Gasteiger partial charge in [0, 0.05) is 12.4 Å². The zero-order chi connectivity index (χ0) is 23.0. The van der Waals surface area contributed by atoms with E-state index in [1.165, 1.54) is 23.1 Å². The van der Waals surface area contributed by atoms with Crippen molar-refractivity contribution in [2.45, 2.75) is 15.8 Å². The van der Waals surface area contributed by atoms with Gasteiger partial charge in [-0.1, -0.05) is 35.6 Å². The Bertz CT molecular complexity index is 1240. The molecule has 4 rings (SSSR count). The number of thiazole rings is 1. The Morgan fingerprint density at radius 2 is 1.73 bits per heavy atom. The maximum Gasteiger partial charge on any atom is 0.235 e. The molecule has 0 unspecified atom stereocenters. The average Bonchev–Trinajstić information content (AvgIpc) is 3.48. The van der Waals surface area contributed by atoms with Gasteiger partial charge in [-0.3, -0.25) is 9.59 Å². The van der Waals surface area contributed by atoms with Crippen molar-refractivity contribution >= 4 is 45.7 Å². The molecule has 168 valence electrons. The number of ether oxygens (including phenoxy) is 2. The molecule has 9 nitrogen and oxygen atoms in total. The van der Waals surface area contributed by atoms with Crippen LogP contribution in [0.5, 0.6) is 17.2 Å². The summed E-state index contributed by atoms with van der Waals surface area (Å²) in [7, 11) is 1.55. The van der Waals surface area contributed by atoms with Gasteiger partial charge in [0.15, 0.2) is 27.5 Å². The van der Waals surface area contributed by atoms with Gasteiger partial charge < -0.3 is 25.1 Å². The van der Waals surface area contributed by atoms with Crippen molar-refractivity contribution in [2.24, 2.45) is 0 Å². The third kappa shape index (κ3) is 6.11. The van der Waals surface area contributed by atoms with Crippen LogP contribution in [0.1, 0.15) is 6.42 Å². The molecule has 0 aliphatic heterocycles. The van der Waals surface area contributed by atoms with Crippen LogP contribution in [0.2, 0.25) is 0 Å². The number of nitrogens with zero attached hydrogens (tertiary/aromatic N) is 2. The molecule has 0 saturated carbocycles. The Balaban J connectivity index is 1.34. The van der Waals surface area contributed by atoms with Gasteiger partial charge in [0.25, 0.3) is 0 Å². The van der Waals surface area contributed by atoms with Gasteiger partial charge in [0.1, 0.15) is 6.42 Å². The maximum atomic E-state index is 12.5. The van der Waals surface area contributed by atoms with Gasteiger partial charge in [-0.15, -0.1) is 0 Å². The van der Waals surface area contributed by atoms with Gasteiger partial charge in [-0.05, 0) is 36.0 Å². The average molecular weight is 482 g/mol. The van der Waals surface area contributed by atoms with Crippen LogP contribution in [-0.2, 0) is 9.59 Å². The van der Waals surface area contributed by atoms with E-state index in [1.807, 2.05) is 12.1 Å². The fourth-order valence-electron chi connectivity index (χ4n) is 2.75. The Hall–Kier alpha value is -3.83. The molecule has 2 aromatic heterocycles. The third-order valence-corrected chi connectivity index (χ3v) is 6.10. The fraction of sp³-hybridized carbons (Fsp3) is 0.0909. The molecule has 0 fully saturated rings. The molecule has 0 bridgehead atoms. The van der Waals surface area contributed by atoms with Crippen molar-refractivity contribution in [1.82, 2.24) is 15.0 Å². The molecule has 0 radical (unpaired) electrons. The lowest BCUT2D eigenvalue weighted by molar-refractivity contribution is -0.123. The van der Waals surface area contributed by atoms with E-state index in [-0.39, 0.29) is 6.42 Å². The van der Waals surface area contributed by atoms with E-state index in [0.717, 1.165) is 9.37 Å². The first-order chi connectivity index (χ1) is 16.1. The van der Waals surface area contributed by atoms with E-state index in [1.54, 1.807) is 62.1 Å². The lowest BCUT2D eigenvalue weighted by Gasteiger charge is -2.14. The molecule has 0 aliphatic carbocycles. The monoisotopic (exact) mass is 481 g/mol. The summed E-state index contributed by atoms with van der Waals surface area (Å²) >= 11 is 2.69. The Labute approximate surface area is 197 Å². The van der Waals surface area contributed by atoms with Crippen LogP contribution < -0.4 is 20.1 Å². The van der Waals surface area contributed by atoms with Gasteiger partial charge in [-0.25, -0.2) is 9.97 Å². The Kier molecular flexibility index (Phi) is 7.22. The number of hydrogen-bond donors (Lipinski definition) is 3. The Morgan fingerprint density at radius 3 is 2.48 bits per heavy atom. The van der Waals surface area contributed by atoms with E-state index in [4.69, 9.17) is 9.47 Å². The highest BCUT2D eigenvalue weighted by molar-refractivity contribution is 8.01. The van der Waals surface area contributed by atoms with E-state index < -0.39 is 11.8 Å². The molecule has 4 aromatic rings. The number of methoxy groups -OCH3 is 1. The number of aromatic amines is 1. The van der Waals surface area contributed by atoms with Crippen LogP contribution in [0.25, 0.3) is 0 Å². The van der Waals surface area contributed by atoms with Crippen LogP contribution in [0.15, 0.2) is 76.5 Å². The van der Waals surface area contributed by atoms with Crippen molar-refractivity contribution in [3.63, 3.8) is 0 Å². The number of amides is 2. The van der Waals surface area contributed by atoms with Gasteiger partial charge in [0.2, 0.25) is 11.8 Å². The largest absolute Gasteiger partial charge is 0.493 e. The number of imidazole rings is 1. The van der Waals surface area contributed by atoms with Crippen LogP contribution in [-0.4, -0.2) is 33.9 Å². The summed E-state index contributed by atoms with van der Waals surface area (Å²) in [4.78, 5) is 36.1. The molecule has 2 amide bonds. The standard InChI is InChI=1S/C22H19N5O4S2/c1-30-16-8-4-5-9-17(16)31-15-7-3-2-6-14(15)26-18(28)12-19(29)27-22-25-13-20(33-22)32-21-23-10-11-24-21/h2-11,13H,12H2,1H3,(H,23,24)(H,26,28)(H,25,27,29). The lowest BCUT2D eigenvalue weighted by Crippen LogP contribution is -2.21. The molecule has 2 aromatic carbocycles. The Morgan fingerprint density at radius 1 is 1.00 bits per heavy atom. The number of aromatic nitrogens is 3. The van der Waals surface area contributed by atoms with Crippen molar-refractivity contribution in [3.8, 4) is 17.2 Å². The summed E-state index contributed by atoms with van der Waals surface area (Å²) in [6.07, 6.45) is 4.65. The van der Waals surface area contributed by atoms with Crippen molar-refractivity contribution in [2.75, 3.05) is 17.7 Å². The van der Waals surface area contributed by atoms with E-state index in [0.29, 0.717) is 28.1 Å². The predicted octanol–water partition coefficient (Wildman–Crippen LogP) is 4.79. The number of hydrogen-bond acceptors (Lipinski definition) is 8. The minimum atomic E-state index is -0.481. The molecular formula is C22H19N5O4S2. The molecule has 0 saturated heterocycles. The number of carbonyl (C=O) groups is 2. The second kappa shape index (κ2) is 10.7. The van der Waals surface area contributed by atoms with Crippen LogP contribution in [0.4, 0.5) is 10.8 Å². The number of para-hydroxylation sites is 4. The second-order valence-electron chi connectivity index (χ2n) is 6.50. The summed E-state index contributed by atoms with van der Waals surface area (Å²) in [5, 5.41) is 6.50. The molecule has 0 atom stereocenters. The summed E-state index contributed by atoms with van der Waals surface area (Å²) < 4.78 is 12.1. The van der Waals surface area contributed by atoms with Crippen molar-refractivity contribution in [1.29, 1.82) is 0 Å². The number of nitrogens with one attached hydrogen (secondary N) is 3. The zero-order valence-corrected chi connectivity index (χ0v) is 19.0. The second-order valence-corrected chi connectivity index (χ2v) is 8.82. The number of carbonyl (C=O) groups excluding carboxylic acids is 2. The molecule has 3 N–H and O–H groups in total. The summed E-state index contributed by atoms with van der Waals surface area (Å²) in [5.41, 5.74) is 0.438. The first-order valence-corrected chi connectivity index (χ1v) is 11.4. The molecular weight excluding hydrogens is 462 g/mol. The highest BCUT2D eigenvalue weighted by Gasteiger charge is 2.15. The molecule has 2 heterocycles. The normalized spacial score (nSPS) is 10.5. The van der Waals surface area contributed by atoms with Gasteiger partial charge in [0.05, 0.1) is 23.2 Å². The maximum absolute atomic E-state index is 12.5. The smallest absolute Gasteiger partial charge is 0.235 e. The molecule has 33 heavy (non-hydrogen) atoms. The highest BCUT2D eigenvalue weighted by Crippen LogP contribution is 2.35. The number of H-pyrrole nitrogens is 1. The minimum Gasteiger partial charge on any atom is -0.493 e. The van der Waals surface area contributed by atoms with Crippen molar-refractivity contribution < 1.29 is 19.1 Å². The van der Waals surface area contributed by atoms with Crippen molar-refractivity contribution in [3.05, 3.63) is 67.1 Å². The van der Waals surface area contributed by atoms with E-state index >= 15 is 0 Å². The van der Waals surface area contributed by atoms with E-state index in [9.17, 15) is 9.59 Å². The van der Waals surface area contributed by atoms with Crippen LogP contribution in [0.3, 0.4) is 0 Å². The zero-order valence-electron chi connectivity index (χ0n) is 17.4. The SMILES string of the molecule is COc1ccccc1Oc1ccccc1NC(=O)CC(=O)Nc1ncc(Sc2ncc[nH]2)s1. The molecule has 0 aliphatic rings. The first kappa shape index (κ1) is 22.4. The van der Waals surface area contributed by atoms with Gasteiger partial charge in [-0.2, -0.15) is 0 Å². The summed E-state index contributed by atoms with van der Waals surface area (Å²) in [6, 6.07) is 14.1. The lowest BCUT2D eigenvalue weighted by atomic mass is 10.2. The number of benzene rings is 2. The molecule has 11 heteroatoms. The van der Waals surface area contributed by atoms with Crippen LogP contribution in [0, 0.1) is 0 Å². The molecule has 0 spiro atoms. The van der Waals surface area contributed by atoms with Crippen LogP contribution >= 0.6 is 23.1 Å². The van der Waals surface area contributed by atoms with E-state index in [2.05, 4.69) is 25.6 Å². The summed E-state index contributed by atoms with van der Waals surface area (Å²) in [6.45, 7) is 0. The highest BCUT2D eigenvalue weighted by atomic mass is 32.2. The third-order valence-electron chi connectivity index (χ3n) is 4.17. The van der Waals surface area contributed by atoms with Gasteiger partial charge >= 0.3 is 0 Å². The predicted molar refractivity (Wildman–Crippen MR) is 126 cm³/mol. The first-order valence-electron chi connectivity index (χ1n) is 9.73. The number of rotatable bonds is 9. The fourth-order valence-corrected chi connectivity index (χ4v) is 4.49. The topological polar surface area (TPSA) is 118 Å². The minimum absolute atomic E-state index is 0.372.